The van der Waals surface area contributed by atoms with Crippen molar-refractivity contribution in [1.82, 2.24) is 0 Å². The summed E-state index contributed by atoms with van der Waals surface area (Å²) in [4.78, 5) is 2.49. The van der Waals surface area contributed by atoms with Gasteiger partial charge in [-0.05, 0) is 110 Å². The number of benzene rings is 9. The van der Waals surface area contributed by atoms with Crippen molar-refractivity contribution >= 4 is 39.0 Å². The van der Waals surface area contributed by atoms with E-state index in [0.717, 1.165) is 39.0 Å². The van der Waals surface area contributed by atoms with Crippen LogP contribution in [-0.4, -0.2) is 0 Å². The quantitative estimate of drug-likeness (QED) is 0.168. The number of hydrogen-bond acceptors (Lipinski definition) is 2. The normalized spacial score (nSPS) is 15.7. The van der Waals surface area contributed by atoms with Crippen LogP contribution in [-0.2, 0) is 10.8 Å². The lowest BCUT2D eigenvalue weighted by molar-refractivity contribution is 0.660. The van der Waals surface area contributed by atoms with Crippen LogP contribution < -0.4 is 4.90 Å². The Kier molecular flexibility index (Phi) is 7.52. The average Bonchev–Trinajstić information content (AvgIpc) is 3.90. The molecule has 284 valence electrons. The maximum absolute atomic E-state index is 6.40. The van der Waals surface area contributed by atoms with Crippen molar-refractivity contribution in [3.05, 3.63) is 246 Å². The summed E-state index contributed by atoms with van der Waals surface area (Å²) in [6, 6.07) is 78.2. The second kappa shape index (κ2) is 13.0. The van der Waals surface area contributed by atoms with E-state index in [4.69, 9.17) is 4.42 Å². The lowest BCUT2D eigenvalue weighted by atomic mass is 9.67. The van der Waals surface area contributed by atoms with E-state index in [-0.39, 0.29) is 5.41 Å². The van der Waals surface area contributed by atoms with Gasteiger partial charge in [0, 0.05) is 33.1 Å². The summed E-state index contributed by atoms with van der Waals surface area (Å²) in [7, 11) is 0. The van der Waals surface area contributed by atoms with Gasteiger partial charge in [0.15, 0.2) is 0 Å². The van der Waals surface area contributed by atoms with Crippen molar-refractivity contribution in [2.75, 3.05) is 4.90 Å². The zero-order valence-electron chi connectivity index (χ0n) is 33.6. The Labute approximate surface area is 350 Å². The van der Waals surface area contributed by atoms with Crippen LogP contribution in [0.5, 0.6) is 0 Å². The van der Waals surface area contributed by atoms with E-state index in [0.29, 0.717) is 0 Å². The van der Waals surface area contributed by atoms with E-state index in [2.05, 4.69) is 225 Å². The number of rotatable bonds is 6. The van der Waals surface area contributed by atoms with Crippen LogP contribution >= 0.6 is 0 Å². The minimum atomic E-state index is -0.609. The molecule has 0 amide bonds. The predicted octanol–water partition coefficient (Wildman–Crippen LogP) is 15.4. The molecule has 0 spiro atoms. The Morgan fingerprint density at radius 1 is 0.367 bits per heavy atom. The van der Waals surface area contributed by atoms with Gasteiger partial charge >= 0.3 is 0 Å². The van der Waals surface area contributed by atoms with E-state index in [1.165, 1.54) is 66.8 Å². The molecule has 0 fully saturated rings. The minimum Gasteiger partial charge on any atom is -0.456 e. The van der Waals surface area contributed by atoms with Gasteiger partial charge in [0.2, 0.25) is 0 Å². The van der Waals surface area contributed by atoms with Gasteiger partial charge in [-0.3, -0.25) is 0 Å². The Balaban J connectivity index is 1.15. The van der Waals surface area contributed by atoms with Crippen molar-refractivity contribution in [2.24, 2.45) is 0 Å². The Morgan fingerprint density at radius 3 is 1.68 bits per heavy atom. The molecule has 2 nitrogen and oxygen atoms in total. The summed E-state index contributed by atoms with van der Waals surface area (Å²) in [6.07, 6.45) is 0. The monoisotopic (exact) mass is 767 g/mol. The molecule has 1 heterocycles. The van der Waals surface area contributed by atoms with Crippen LogP contribution in [0.1, 0.15) is 47.2 Å². The number of fused-ring (bicyclic) bond motifs is 9. The largest absolute Gasteiger partial charge is 0.456 e. The standard InChI is InChI=1S/C58H41NO/c1-57(2)50-25-13-9-22-44(50)46-32-30-41(36-52(46)57)59(54-27-15-11-21-43(54)38-17-5-3-6-18-38)42-31-33-47-45-23-10-14-26-51(45)58(53(47)37-42,39-19-7-4-8-20-39)40-29-34-56-49(35-40)48-24-12-16-28-55(48)60-56/h3-37H,1-2H3. The maximum Gasteiger partial charge on any atom is 0.135 e. The van der Waals surface area contributed by atoms with Crippen LogP contribution in [0.15, 0.2) is 217 Å². The fourth-order valence-electron chi connectivity index (χ4n) is 10.6. The van der Waals surface area contributed by atoms with Crippen LogP contribution in [0.4, 0.5) is 17.1 Å². The lowest BCUT2D eigenvalue weighted by Crippen LogP contribution is -2.28. The highest BCUT2D eigenvalue weighted by Crippen LogP contribution is 2.58. The third-order valence-corrected chi connectivity index (χ3v) is 13.4. The molecule has 9 aromatic carbocycles. The summed E-state index contributed by atoms with van der Waals surface area (Å²) in [5.74, 6) is 0. The highest BCUT2D eigenvalue weighted by atomic mass is 16.3. The second-order valence-corrected chi connectivity index (χ2v) is 16.8. The molecule has 12 rings (SSSR count). The molecular formula is C58H41NO. The Bertz CT molecular complexity index is 3300. The van der Waals surface area contributed by atoms with E-state index in [1.54, 1.807) is 0 Å². The first-order valence-electron chi connectivity index (χ1n) is 20.9. The highest BCUT2D eigenvalue weighted by molar-refractivity contribution is 6.05. The second-order valence-electron chi connectivity index (χ2n) is 16.8. The molecule has 0 aliphatic heterocycles. The zero-order valence-corrected chi connectivity index (χ0v) is 33.6. The maximum atomic E-state index is 6.40. The number of furan rings is 1. The van der Waals surface area contributed by atoms with E-state index >= 15 is 0 Å². The summed E-state index contributed by atoms with van der Waals surface area (Å²) in [5, 5.41) is 2.25. The van der Waals surface area contributed by atoms with E-state index in [1.807, 2.05) is 6.07 Å². The molecule has 2 heteroatoms. The van der Waals surface area contributed by atoms with Gasteiger partial charge in [0.05, 0.1) is 11.1 Å². The predicted molar refractivity (Wildman–Crippen MR) is 249 cm³/mol. The fraction of sp³-hybridized carbons (Fsp3) is 0.0690. The number of anilines is 3. The van der Waals surface area contributed by atoms with Gasteiger partial charge in [-0.15, -0.1) is 0 Å². The molecule has 2 aliphatic carbocycles. The molecule has 0 saturated carbocycles. The lowest BCUT2D eigenvalue weighted by Gasteiger charge is -2.35. The molecule has 0 saturated heterocycles. The van der Waals surface area contributed by atoms with Gasteiger partial charge in [-0.1, -0.05) is 178 Å². The first-order chi connectivity index (χ1) is 29.5. The van der Waals surface area contributed by atoms with E-state index < -0.39 is 5.41 Å². The summed E-state index contributed by atoms with van der Waals surface area (Å²) >= 11 is 0. The van der Waals surface area contributed by atoms with Crippen LogP contribution in [0.3, 0.4) is 0 Å². The Morgan fingerprint density at radius 2 is 0.917 bits per heavy atom. The molecule has 0 radical (unpaired) electrons. The van der Waals surface area contributed by atoms with Gasteiger partial charge in [0.1, 0.15) is 11.2 Å². The minimum absolute atomic E-state index is 0.148. The summed E-state index contributed by atoms with van der Waals surface area (Å²) < 4.78 is 6.40. The van der Waals surface area contributed by atoms with Crippen LogP contribution in [0.25, 0.3) is 55.3 Å². The van der Waals surface area contributed by atoms with Crippen LogP contribution in [0.2, 0.25) is 0 Å². The molecule has 0 N–H and O–H groups in total. The SMILES string of the molecule is CC1(C)c2ccccc2-c2ccc(N(c3ccc4c(c3)C(c3ccccc3)(c3ccc5oc6ccccc6c5c3)c3ccccc3-4)c3ccccc3-c3ccccc3)cc21. The highest BCUT2D eigenvalue weighted by Gasteiger charge is 2.47. The zero-order chi connectivity index (χ0) is 40.0. The van der Waals surface area contributed by atoms with Crippen molar-refractivity contribution in [2.45, 2.75) is 24.7 Å². The topological polar surface area (TPSA) is 16.4 Å². The number of hydrogen-bond donors (Lipinski definition) is 0. The summed E-state index contributed by atoms with van der Waals surface area (Å²) in [6.45, 7) is 4.73. The van der Waals surface area contributed by atoms with Crippen molar-refractivity contribution in [1.29, 1.82) is 0 Å². The first kappa shape index (κ1) is 34.6. The van der Waals surface area contributed by atoms with Gasteiger partial charge in [-0.2, -0.15) is 0 Å². The fourth-order valence-corrected chi connectivity index (χ4v) is 10.6. The Hall–Kier alpha value is -7.42. The average molecular weight is 768 g/mol. The van der Waals surface area contributed by atoms with Gasteiger partial charge in [-0.25, -0.2) is 0 Å². The third kappa shape index (κ3) is 4.88. The smallest absolute Gasteiger partial charge is 0.135 e. The first-order valence-corrected chi connectivity index (χ1v) is 20.9. The third-order valence-electron chi connectivity index (χ3n) is 13.4. The molecule has 0 bridgehead atoms. The molecule has 60 heavy (non-hydrogen) atoms. The van der Waals surface area contributed by atoms with Crippen molar-refractivity contribution < 1.29 is 4.42 Å². The molecule has 1 unspecified atom stereocenters. The molecule has 2 aliphatic rings. The number of para-hydroxylation sites is 2. The van der Waals surface area contributed by atoms with Crippen molar-refractivity contribution in [3.8, 4) is 33.4 Å². The van der Waals surface area contributed by atoms with Gasteiger partial charge in [0.25, 0.3) is 0 Å². The summed E-state index contributed by atoms with van der Waals surface area (Å²) in [5.41, 5.74) is 19.6. The van der Waals surface area contributed by atoms with Gasteiger partial charge < -0.3 is 9.32 Å². The molecular weight excluding hydrogens is 727 g/mol. The van der Waals surface area contributed by atoms with Crippen molar-refractivity contribution in [3.63, 3.8) is 0 Å². The van der Waals surface area contributed by atoms with E-state index in [9.17, 15) is 0 Å². The molecule has 10 aromatic rings. The molecule has 1 atom stereocenters. The molecule has 1 aromatic heterocycles. The number of nitrogens with zero attached hydrogens (tertiary/aromatic N) is 1. The van der Waals surface area contributed by atoms with Crippen LogP contribution in [0, 0.1) is 0 Å².